The van der Waals surface area contributed by atoms with E-state index in [1.807, 2.05) is 24.4 Å². The molecular formula is C21H17N3O. The lowest BCUT2D eigenvalue weighted by Crippen LogP contribution is -1.94. The van der Waals surface area contributed by atoms with Crippen LogP contribution in [-0.4, -0.2) is 22.1 Å². The molecule has 0 bridgehead atoms. The SMILES string of the molecule is COc1cc(-c2ccc(C)cc2)cc2cnc(-c3cccnc3)nc12. The largest absolute Gasteiger partial charge is 0.494 e. The summed E-state index contributed by atoms with van der Waals surface area (Å²) in [6, 6.07) is 16.4. The summed E-state index contributed by atoms with van der Waals surface area (Å²) in [5.74, 6) is 1.38. The third-order valence-electron chi connectivity index (χ3n) is 4.17. The first-order valence-corrected chi connectivity index (χ1v) is 8.07. The van der Waals surface area contributed by atoms with E-state index in [-0.39, 0.29) is 0 Å². The Bertz CT molecular complexity index is 1030. The van der Waals surface area contributed by atoms with Gasteiger partial charge >= 0.3 is 0 Å². The maximum atomic E-state index is 5.60. The van der Waals surface area contributed by atoms with Gasteiger partial charge in [0.2, 0.25) is 0 Å². The Morgan fingerprint density at radius 2 is 1.72 bits per heavy atom. The van der Waals surface area contributed by atoms with Crippen molar-refractivity contribution in [3.8, 4) is 28.3 Å². The summed E-state index contributed by atoms with van der Waals surface area (Å²) in [6.45, 7) is 2.08. The summed E-state index contributed by atoms with van der Waals surface area (Å²) in [6.07, 6.45) is 5.33. The van der Waals surface area contributed by atoms with E-state index in [2.05, 4.69) is 52.2 Å². The summed E-state index contributed by atoms with van der Waals surface area (Å²) in [5, 5.41) is 0.947. The number of aromatic nitrogens is 3. The van der Waals surface area contributed by atoms with Gasteiger partial charge in [0.15, 0.2) is 5.82 Å². The van der Waals surface area contributed by atoms with Crippen molar-refractivity contribution in [1.29, 1.82) is 0 Å². The van der Waals surface area contributed by atoms with Gasteiger partial charge in [-0.3, -0.25) is 4.98 Å². The zero-order valence-corrected chi connectivity index (χ0v) is 14.1. The van der Waals surface area contributed by atoms with Crippen molar-refractivity contribution >= 4 is 10.9 Å². The minimum Gasteiger partial charge on any atom is -0.494 e. The molecule has 0 fully saturated rings. The van der Waals surface area contributed by atoms with Crippen molar-refractivity contribution in [1.82, 2.24) is 15.0 Å². The summed E-state index contributed by atoms with van der Waals surface area (Å²) >= 11 is 0. The van der Waals surface area contributed by atoms with E-state index < -0.39 is 0 Å². The molecule has 0 saturated carbocycles. The number of ether oxygens (including phenoxy) is 1. The number of hydrogen-bond donors (Lipinski definition) is 0. The van der Waals surface area contributed by atoms with Crippen LogP contribution in [0.5, 0.6) is 5.75 Å². The molecule has 0 aliphatic carbocycles. The predicted octanol–water partition coefficient (Wildman–Crippen LogP) is 4.68. The van der Waals surface area contributed by atoms with Gasteiger partial charge in [0.25, 0.3) is 0 Å². The number of aryl methyl sites for hydroxylation is 1. The van der Waals surface area contributed by atoms with E-state index in [1.54, 1.807) is 19.5 Å². The fourth-order valence-corrected chi connectivity index (χ4v) is 2.82. The molecule has 0 amide bonds. The highest BCUT2D eigenvalue weighted by atomic mass is 16.5. The number of rotatable bonds is 3. The highest BCUT2D eigenvalue weighted by Gasteiger charge is 2.10. The molecule has 122 valence electrons. The summed E-state index contributed by atoms with van der Waals surface area (Å²) in [5.41, 5.74) is 5.14. The molecule has 4 heteroatoms. The van der Waals surface area contributed by atoms with E-state index in [0.717, 1.165) is 33.3 Å². The number of methoxy groups -OCH3 is 1. The van der Waals surface area contributed by atoms with Crippen molar-refractivity contribution in [2.24, 2.45) is 0 Å². The van der Waals surface area contributed by atoms with Crippen molar-refractivity contribution in [3.63, 3.8) is 0 Å². The quantitative estimate of drug-likeness (QED) is 0.548. The Balaban J connectivity index is 1.87. The van der Waals surface area contributed by atoms with E-state index in [4.69, 9.17) is 4.74 Å². The lowest BCUT2D eigenvalue weighted by Gasteiger charge is -2.10. The normalized spacial score (nSPS) is 10.8. The molecule has 4 rings (SSSR count). The number of hydrogen-bond acceptors (Lipinski definition) is 4. The number of pyridine rings is 1. The molecule has 0 unspecified atom stereocenters. The maximum Gasteiger partial charge on any atom is 0.161 e. The van der Waals surface area contributed by atoms with Crippen LogP contribution in [0, 0.1) is 6.92 Å². The van der Waals surface area contributed by atoms with Crippen molar-refractivity contribution in [3.05, 3.63) is 72.7 Å². The van der Waals surface area contributed by atoms with E-state index in [9.17, 15) is 0 Å². The van der Waals surface area contributed by atoms with Gasteiger partial charge in [-0.25, -0.2) is 9.97 Å². The lowest BCUT2D eigenvalue weighted by atomic mass is 10.0. The van der Waals surface area contributed by atoms with Gasteiger partial charge in [0, 0.05) is 29.5 Å². The van der Waals surface area contributed by atoms with Gasteiger partial charge in [-0.1, -0.05) is 29.8 Å². The number of benzene rings is 2. The van der Waals surface area contributed by atoms with E-state index in [1.165, 1.54) is 5.56 Å². The van der Waals surface area contributed by atoms with Gasteiger partial charge in [-0.15, -0.1) is 0 Å². The Morgan fingerprint density at radius 1 is 0.880 bits per heavy atom. The summed E-state index contributed by atoms with van der Waals surface area (Å²) < 4.78 is 5.60. The average molecular weight is 327 g/mol. The summed E-state index contributed by atoms with van der Waals surface area (Å²) in [7, 11) is 1.67. The highest BCUT2D eigenvalue weighted by molar-refractivity contribution is 5.90. The molecule has 0 N–H and O–H groups in total. The zero-order valence-electron chi connectivity index (χ0n) is 14.1. The molecule has 2 aromatic heterocycles. The molecule has 0 atom stereocenters. The lowest BCUT2D eigenvalue weighted by molar-refractivity contribution is 0.419. The Kier molecular flexibility index (Phi) is 3.86. The van der Waals surface area contributed by atoms with Crippen molar-refractivity contribution in [2.45, 2.75) is 6.92 Å². The average Bonchev–Trinajstić information content (AvgIpc) is 2.68. The molecule has 4 nitrogen and oxygen atoms in total. The van der Waals surface area contributed by atoms with E-state index in [0.29, 0.717) is 5.82 Å². The molecule has 0 spiro atoms. The Labute approximate surface area is 146 Å². The zero-order chi connectivity index (χ0) is 17.2. The number of fused-ring (bicyclic) bond motifs is 1. The van der Waals surface area contributed by atoms with Crippen LogP contribution in [0.15, 0.2) is 67.1 Å². The first kappa shape index (κ1) is 15.3. The molecule has 0 aliphatic heterocycles. The van der Waals surface area contributed by atoms with Gasteiger partial charge in [0.1, 0.15) is 11.3 Å². The third-order valence-corrected chi connectivity index (χ3v) is 4.17. The molecule has 25 heavy (non-hydrogen) atoms. The smallest absolute Gasteiger partial charge is 0.161 e. The maximum absolute atomic E-state index is 5.60. The van der Waals surface area contributed by atoms with Crippen LogP contribution in [-0.2, 0) is 0 Å². The first-order chi connectivity index (χ1) is 12.2. The van der Waals surface area contributed by atoms with Crippen LogP contribution in [0.25, 0.3) is 33.4 Å². The van der Waals surface area contributed by atoms with Crippen LogP contribution < -0.4 is 4.74 Å². The van der Waals surface area contributed by atoms with Crippen LogP contribution in [0.4, 0.5) is 0 Å². The standard InChI is InChI=1S/C21H17N3O/c1-14-5-7-15(8-6-14)17-10-18-13-23-21(16-4-3-9-22-12-16)24-20(18)19(11-17)25-2/h3-13H,1-2H3. The minimum absolute atomic E-state index is 0.641. The second-order valence-corrected chi connectivity index (χ2v) is 5.92. The minimum atomic E-state index is 0.641. The predicted molar refractivity (Wildman–Crippen MR) is 99.5 cm³/mol. The van der Waals surface area contributed by atoms with Crippen molar-refractivity contribution < 1.29 is 4.74 Å². The fraction of sp³-hybridized carbons (Fsp3) is 0.0952. The monoisotopic (exact) mass is 327 g/mol. The van der Waals surface area contributed by atoms with Crippen LogP contribution >= 0.6 is 0 Å². The fourth-order valence-electron chi connectivity index (χ4n) is 2.82. The Hall–Kier alpha value is -3.27. The van der Waals surface area contributed by atoms with Crippen LogP contribution in [0.2, 0.25) is 0 Å². The van der Waals surface area contributed by atoms with Gasteiger partial charge < -0.3 is 4.74 Å². The van der Waals surface area contributed by atoms with Gasteiger partial charge in [0.05, 0.1) is 7.11 Å². The first-order valence-electron chi connectivity index (χ1n) is 8.07. The molecule has 2 aromatic carbocycles. The number of nitrogens with zero attached hydrogens (tertiary/aromatic N) is 3. The topological polar surface area (TPSA) is 47.9 Å². The Morgan fingerprint density at radius 3 is 2.44 bits per heavy atom. The van der Waals surface area contributed by atoms with Gasteiger partial charge in [-0.2, -0.15) is 0 Å². The molecule has 0 radical (unpaired) electrons. The third kappa shape index (κ3) is 2.94. The molecule has 0 saturated heterocycles. The van der Waals surface area contributed by atoms with Crippen LogP contribution in [0.1, 0.15) is 5.56 Å². The molecular weight excluding hydrogens is 310 g/mol. The molecule has 2 heterocycles. The van der Waals surface area contributed by atoms with Gasteiger partial charge in [-0.05, 0) is 42.3 Å². The molecule has 4 aromatic rings. The second kappa shape index (κ2) is 6.32. The second-order valence-electron chi connectivity index (χ2n) is 5.92. The van der Waals surface area contributed by atoms with Crippen LogP contribution in [0.3, 0.4) is 0 Å². The van der Waals surface area contributed by atoms with Crippen molar-refractivity contribution in [2.75, 3.05) is 7.11 Å². The molecule has 0 aliphatic rings. The van der Waals surface area contributed by atoms with E-state index >= 15 is 0 Å². The highest BCUT2D eigenvalue weighted by Crippen LogP contribution is 2.32. The summed E-state index contributed by atoms with van der Waals surface area (Å²) in [4.78, 5) is 13.3.